The number of rotatable bonds is 7. The maximum absolute atomic E-state index is 11.9. The lowest BCUT2D eigenvalue weighted by Crippen LogP contribution is -2.23. The molecule has 0 aliphatic carbocycles. The summed E-state index contributed by atoms with van der Waals surface area (Å²) >= 11 is 5.95. The molecule has 0 heterocycles. The van der Waals surface area contributed by atoms with Crippen molar-refractivity contribution in [2.45, 2.75) is 26.7 Å². The number of carbonyl (C=O) groups excluding carboxylic acids is 1. The van der Waals surface area contributed by atoms with Gasteiger partial charge in [-0.3, -0.25) is 4.79 Å². The van der Waals surface area contributed by atoms with E-state index in [1.807, 2.05) is 44.2 Å². The SMILES string of the molecule is Cc1cc(C)cc(NC(=O)CCNCCc2cccc(Cl)c2)c1. The van der Waals surface area contributed by atoms with Crippen LogP contribution in [0.1, 0.15) is 23.1 Å². The fourth-order valence-corrected chi connectivity index (χ4v) is 2.74. The Labute approximate surface area is 143 Å². The average molecular weight is 331 g/mol. The smallest absolute Gasteiger partial charge is 0.225 e. The second-order valence-electron chi connectivity index (χ2n) is 5.80. The van der Waals surface area contributed by atoms with Gasteiger partial charge in [0.1, 0.15) is 0 Å². The molecule has 0 aromatic heterocycles. The molecule has 3 nitrogen and oxygen atoms in total. The molecule has 0 aliphatic heterocycles. The topological polar surface area (TPSA) is 41.1 Å². The van der Waals surface area contributed by atoms with Crippen molar-refractivity contribution in [1.82, 2.24) is 5.32 Å². The maximum atomic E-state index is 11.9. The van der Waals surface area contributed by atoms with E-state index in [0.29, 0.717) is 13.0 Å². The Balaban J connectivity index is 1.67. The summed E-state index contributed by atoms with van der Waals surface area (Å²) in [4.78, 5) is 11.9. The average Bonchev–Trinajstić information content (AvgIpc) is 2.45. The van der Waals surface area contributed by atoms with Gasteiger partial charge in [0.25, 0.3) is 0 Å². The third kappa shape index (κ3) is 6.43. The van der Waals surface area contributed by atoms with Gasteiger partial charge in [-0.15, -0.1) is 0 Å². The first-order valence-corrected chi connectivity index (χ1v) is 8.24. The third-order valence-electron chi connectivity index (χ3n) is 3.51. The van der Waals surface area contributed by atoms with E-state index in [4.69, 9.17) is 11.6 Å². The van der Waals surface area contributed by atoms with Crippen LogP contribution in [0.5, 0.6) is 0 Å². The van der Waals surface area contributed by atoms with Crippen molar-refractivity contribution in [3.05, 3.63) is 64.2 Å². The molecule has 0 saturated heterocycles. The van der Waals surface area contributed by atoms with Crippen molar-refractivity contribution < 1.29 is 4.79 Å². The van der Waals surface area contributed by atoms with Crippen molar-refractivity contribution in [2.75, 3.05) is 18.4 Å². The molecule has 0 aliphatic rings. The van der Waals surface area contributed by atoms with E-state index in [2.05, 4.69) is 22.8 Å². The lowest BCUT2D eigenvalue weighted by atomic mass is 10.1. The standard InChI is InChI=1S/C19H23ClN2O/c1-14-10-15(2)12-18(11-14)22-19(23)7-9-21-8-6-16-4-3-5-17(20)13-16/h3-5,10-13,21H,6-9H2,1-2H3,(H,22,23). The number of nitrogens with one attached hydrogen (secondary N) is 2. The van der Waals surface area contributed by atoms with Crippen molar-refractivity contribution in [2.24, 2.45) is 0 Å². The Bertz CT molecular complexity index is 650. The van der Waals surface area contributed by atoms with E-state index < -0.39 is 0 Å². The van der Waals surface area contributed by atoms with E-state index in [1.165, 1.54) is 5.56 Å². The largest absolute Gasteiger partial charge is 0.326 e. The Morgan fingerprint density at radius 3 is 2.48 bits per heavy atom. The summed E-state index contributed by atoms with van der Waals surface area (Å²) in [5.41, 5.74) is 4.37. The molecule has 23 heavy (non-hydrogen) atoms. The molecule has 2 N–H and O–H groups in total. The first-order valence-electron chi connectivity index (χ1n) is 7.86. The Morgan fingerprint density at radius 1 is 1.04 bits per heavy atom. The summed E-state index contributed by atoms with van der Waals surface area (Å²) in [6.07, 6.45) is 1.36. The number of halogens is 1. The number of amides is 1. The van der Waals surface area contributed by atoms with E-state index in [0.717, 1.165) is 34.8 Å². The summed E-state index contributed by atoms with van der Waals surface area (Å²) in [5.74, 6) is 0.0326. The van der Waals surface area contributed by atoms with Gasteiger partial charge in [0.15, 0.2) is 0 Å². The minimum Gasteiger partial charge on any atom is -0.326 e. The molecular weight excluding hydrogens is 308 g/mol. The molecule has 0 saturated carbocycles. The number of benzene rings is 2. The third-order valence-corrected chi connectivity index (χ3v) is 3.75. The Kier molecular flexibility index (Phi) is 6.63. The van der Waals surface area contributed by atoms with Crippen molar-refractivity contribution in [3.63, 3.8) is 0 Å². The first-order chi connectivity index (χ1) is 11.0. The highest BCUT2D eigenvalue weighted by Crippen LogP contribution is 2.14. The molecule has 0 atom stereocenters. The second kappa shape index (κ2) is 8.70. The summed E-state index contributed by atoms with van der Waals surface area (Å²) in [6, 6.07) is 13.9. The van der Waals surface area contributed by atoms with Crippen LogP contribution in [0.3, 0.4) is 0 Å². The lowest BCUT2D eigenvalue weighted by Gasteiger charge is -2.08. The first kappa shape index (κ1) is 17.5. The van der Waals surface area contributed by atoms with Gasteiger partial charge in [0.2, 0.25) is 5.91 Å². The summed E-state index contributed by atoms with van der Waals surface area (Å²) in [6.45, 7) is 5.55. The van der Waals surface area contributed by atoms with Crippen molar-refractivity contribution in [1.29, 1.82) is 0 Å². The zero-order chi connectivity index (χ0) is 16.7. The number of anilines is 1. The highest BCUT2D eigenvalue weighted by Gasteiger charge is 2.03. The van der Waals surface area contributed by atoms with Gasteiger partial charge in [-0.1, -0.05) is 29.8 Å². The summed E-state index contributed by atoms with van der Waals surface area (Å²) < 4.78 is 0. The number of hydrogen-bond acceptors (Lipinski definition) is 2. The van der Waals surface area contributed by atoms with Gasteiger partial charge in [-0.05, 0) is 67.8 Å². The van der Waals surface area contributed by atoms with Gasteiger partial charge in [-0.25, -0.2) is 0 Å². The molecule has 0 spiro atoms. The fourth-order valence-electron chi connectivity index (χ4n) is 2.52. The fraction of sp³-hybridized carbons (Fsp3) is 0.316. The predicted octanol–water partition coefficient (Wildman–Crippen LogP) is 4.12. The molecule has 0 fully saturated rings. The summed E-state index contributed by atoms with van der Waals surface area (Å²) in [5, 5.41) is 6.99. The van der Waals surface area contributed by atoms with Crippen LogP contribution in [-0.2, 0) is 11.2 Å². The molecule has 2 aromatic rings. The zero-order valence-corrected chi connectivity index (χ0v) is 14.4. The van der Waals surface area contributed by atoms with E-state index >= 15 is 0 Å². The monoisotopic (exact) mass is 330 g/mol. The lowest BCUT2D eigenvalue weighted by molar-refractivity contribution is -0.116. The van der Waals surface area contributed by atoms with Crippen LogP contribution < -0.4 is 10.6 Å². The predicted molar refractivity (Wildman–Crippen MR) is 97.2 cm³/mol. The quantitative estimate of drug-likeness (QED) is 0.750. The minimum atomic E-state index is 0.0326. The van der Waals surface area contributed by atoms with Crippen molar-refractivity contribution >= 4 is 23.2 Å². The van der Waals surface area contributed by atoms with Gasteiger partial charge in [0, 0.05) is 23.7 Å². The highest BCUT2D eigenvalue weighted by atomic mass is 35.5. The van der Waals surface area contributed by atoms with Crippen LogP contribution in [0.2, 0.25) is 5.02 Å². The van der Waals surface area contributed by atoms with Crippen LogP contribution in [0.25, 0.3) is 0 Å². The second-order valence-corrected chi connectivity index (χ2v) is 6.24. The Hall–Kier alpha value is -1.84. The van der Waals surface area contributed by atoms with Crippen molar-refractivity contribution in [3.8, 4) is 0 Å². The molecule has 0 bridgehead atoms. The molecular formula is C19H23ClN2O. The molecule has 122 valence electrons. The number of hydrogen-bond donors (Lipinski definition) is 2. The molecule has 0 radical (unpaired) electrons. The van der Waals surface area contributed by atoms with Crippen LogP contribution >= 0.6 is 11.6 Å². The van der Waals surface area contributed by atoms with Crippen LogP contribution in [0.15, 0.2) is 42.5 Å². The molecule has 1 amide bonds. The number of carbonyl (C=O) groups is 1. The molecule has 4 heteroatoms. The maximum Gasteiger partial charge on any atom is 0.225 e. The van der Waals surface area contributed by atoms with E-state index in [-0.39, 0.29) is 5.91 Å². The van der Waals surface area contributed by atoms with Gasteiger partial charge < -0.3 is 10.6 Å². The van der Waals surface area contributed by atoms with Gasteiger partial charge in [-0.2, -0.15) is 0 Å². The van der Waals surface area contributed by atoms with E-state index in [9.17, 15) is 4.79 Å². The molecule has 0 unspecified atom stereocenters. The molecule has 2 aromatic carbocycles. The van der Waals surface area contributed by atoms with Gasteiger partial charge in [0.05, 0.1) is 0 Å². The van der Waals surface area contributed by atoms with Crippen LogP contribution in [-0.4, -0.2) is 19.0 Å². The van der Waals surface area contributed by atoms with Crippen LogP contribution in [0, 0.1) is 13.8 Å². The van der Waals surface area contributed by atoms with Crippen LogP contribution in [0.4, 0.5) is 5.69 Å². The normalized spacial score (nSPS) is 10.6. The minimum absolute atomic E-state index is 0.0326. The zero-order valence-electron chi connectivity index (χ0n) is 13.7. The summed E-state index contributed by atoms with van der Waals surface area (Å²) in [7, 11) is 0. The van der Waals surface area contributed by atoms with E-state index in [1.54, 1.807) is 0 Å². The number of aryl methyl sites for hydroxylation is 2. The van der Waals surface area contributed by atoms with Gasteiger partial charge >= 0.3 is 0 Å². The highest BCUT2D eigenvalue weighted by molar-refractivity contribution is 6.30. The Morgan fingerprint density at radius 2 is 1.78 bits per heavy atom. The molecule has 2 rings (SSSR count).